The summed E-state index contributed by atoms with van der Waals surface area (Å²) in [6, 6.07) is 12.9. The topological polar surface area (TPSA) is 76.5 Å². The lowest BCUT2D eigenvalue weighted by molar-refractivity contribution is 0.0888. The van der Waals surface area contributed by atoms with E-state index in [0.717, 1.165) is 22.1 Å². The molecule has 1 aliphatic carbocycles. The summed E-state index contributed by atoms with van der Waals surface area (Å²) in [6.07, 6.45) is 0. The second-order valence-corrected chi connectivity index (χ2v) is 14.1. The number of carbonyl (C=O) groups is 2. The molecule has 218 valence electrons. The van der Waals surface area contributed by atoms with Gasteiger partial charge in [-0.15, -0.1) is 0 Å². The van der Waals surface area contributed by atoms with Crippen LogP contribution in [0.5, 0.6) is 11.5 Å². The Balaban J connectivity index is 1.54. The van der Waals surface area contributed by atoms with Crippen molar-refractivity contribution in [2.45, 2.75) is 64.9 Å². The van der Waals surface area contributed by atoms with Gasteiger partial charge in [0.2, 0.25) is 0 Å². The number of Topliss-reactive ketones (excluding diaryl/α,β-unsaturated/α-hetero) is 2. The van der Waals surface area contributed by atoms with Crippen LogP contribution < -0.4 is 4.74 Å². The smallest absolute Gasteiger partial charge is 0.182 e. The van der Waals surface area contributed by atoms with Crippen LogP contribution in [0, 0.1) is 0 Å². The molecule has 0 bridgehead atoms. The highest BCUT2D eigenvalue weighted by atomic mass is 35.5. The fourth-order valence-corrected chi connectivity index (χ4v) is 6.30. The Kier molecular flexibility index (Phi) is 7.81. The zero-order chi connectivity index (χ0) is 30.9. The molecule has 3 aromatic carbocycles. The van der Waals surface area contributed by atoms with Crippen LogP contribution in [-0.2, 0) is 17.4 Å². The zero-order valence-corrected chi connectivity index (χ0v) is 27.0. The number of benzene rings is 3. The van der Waals surface area contributed by atoms with Gasteiger partial charge in [0, 0.05) is 5.39 Å². The van der Waals surface area contributed by atoms with E-state index in [1.807, 2.05) is 24.3 Å². The van der Waals surface area contributed by atoms with Crippen LogP contribution in [0.4, 0.5) is 0 Å². The summed E-state index contributed by atoms with van der Waals surface area (Å²) in [5.41, 5.74) is 2.63. The number of rotatable bonds is 4. The Hall–Kier alpha value is -2.83. The van der Waals surface area contributed by atoms with Gasteiger partial charge in [0.1, 0.15) is 29.5 Å². The Labute approximate surface area is 264 Å². The Bertz CT molecular complexity index is 1720. The number of aromatic hydroxyl groups is 1. The standard InChI is InChI=1S/C33H29Cl4NO4/c1-32(2,3)17-12-15(13-18(29(17)39)33(4,5)6)14-42-20-9-7-8-16-10-11-19(38-28(16)20)21-30(40)22-23(31(21)41)25(35)27(37)26(36)24(22)34/h7-13,21,39H,14H2,1-6H3. The fourth-order valence-electron chi connectivity index (χ4n) is 5.27. The molecule has 5 nitrogen and oxygen atoms in total. The molecule has 4 aromatic rings. The molecule has 0 saturated heterocycles. The Morgan fingerprint density at radius 3 is 1.81 bits per heavy atom. The summed E-state index contributed by atoms with van der Waals surface area (Å²) in [4.78, 5) is 31.7. The van der Waals surface area contributed by atoms with Gasteiger partial charge in [-0.25, -0.2) is 4.98 Å². The van der Waals surface area contributed by atoms with E-state index in [-0.39, 0.29) is 54.3 Å². The third kappa shape index (κ3) is 5.15. The summed E-state index contributed by atoms with van der Waals surface area (Å²) in [5.74, 6) is -1.55. The van der Waals surface area contributed by atoms with Crippen molar-refractivity contribution in [2.24, 2.45) is 0 Å². The summed E-state index contributed by atoms with van der Waals surface area (Å²) < 4.78 is 6.29. The molecule has 0 radical (unpaired) electrons. The number of aromatic nitrogens is 1. The maximum atomic E-state index is 13.5. The highest BCUT2D eigenvalue weighted by Gasteiger charge is 2.45. The van der Waals surface area contributed by atoms with Gasteiger partial charge in [0.05, 0.1) is 36.9 Å². The van der Waals surface area contributed by atoms with E-state index >= 15 is 0 Å². The van der Waals surface area contributed by atoms with Crippen LogP contribution in [0.15, 0.2) is 42.5 Å². The molecule has 9 heteroatoms. The number of phenols is 1. The molecule has 0 spiro atoms. The number of para-hydroxylation sites is 1. The first-order valence-electron chi connectivity index (χ1n) is 13.4. The number of pyridine rings is 1. The highest BCUT2D eigenvalue weighted by Crippen LogP contribution is 2.48. The first-order chi connectivity index (χ1) is 19.5. The van der Waals surface area contributed by atoms with E-state index in [2.05, 4.69) is 41.5 Å². The number of hydrogen-bond donors (Lipinski definition) is 1. The van der Waals surface area contributed by atoms with Gasteiger partial charge < -0.3 is 9.84 Å². The number of fused-ring (bicyclic) bond motifs is 2. The number of nitrogens with zero attached hydrogens (tertiary/aromatic N) is 1. The maximum absolute atomic E-state index is 13.5. The molecule has 5 rings (SSSR count). The molecule has 1 aliphatic rings. The van der Waals surface area contributed by atoms with E-state index in [1.54, 1.807) is 18.2 Å². The molecule has 0 unspecified atom stereocenters. The van der Waals surface area contributed by atoms with E-state index in [1.165, 1.54) is 0 Å². The first kappa shape index (κ1) is 30.6. The normalized spacial score (nSPS) is 14.1. The molecule has 1 aromatic heterocycles. The summed E-state index contributed by atoms with van der Waals surface area (Å²) in [6.45, 7) is 12.6. The number of hydrogen-bond acceptors (Lipinski definition) is 5. The number of ether oxygens (including phenoxy) is 1. The molecule has 1 heterocycles. The third-order valence-corrected chi connectivity index (χ3v) is 9.27. The average molecular weight is 645 g/mol. The zero-order valence-electron chi connectivity index (χ0n) is 24.0. The number of phenolic OH excluding ortho intramolecular Hbond substituents is 1. The van der Waals surface area contributed by atoms with Gasteiger partial charge in [-0.3, -0.25) is 9.59 Å². The maximum Gasteiger partial charge on any atom is 0.182 e. The number of halogens is 4. The summed E-state index contributed by atoms with van der Waals surface area (Å²) in [7, 11) is 0. The third-order valence-electron chi connectivity index (χ3n) is 7.46. The molecule has 0 fully saturated rings. The average Bonchev–Trinajstić information content (AvgIpc) is 3.18. The van der Waals surface area contributed by atoms with Crippen molar-refractivity contribution < 1.29 is 19.4 Å². The van der Waals surface area contributed by atoms with Crippen LogP contribution >= 0.6 is 46.4 Å². The van der Waals surface area contributed by atoms with Crippen LogP contribution in [0.2, 0.25) is 20.1 Å². The molecule has 0 saturated carbocycles. The second kappa shape index (κ2) is 10.7. The molecule has 0 amide bonds. The lowest BCUT2D eigenvalue weighted by atomic mass is 9.78. The second-order valence-electron chi connectivity index (χ2n) is 12.6. The number of ketones is 2. The molecule has 0 atom stereocenters. The monoisotopic (exact) mass is 643 g/mol. The summed E-state index contributed by atoms with van der Waals surface area (Å²) >= 11 is 25.0. The minimum Gasteiger partial charge on any atom is -0.507 e. The van der Waals surface area contributed by atoms with Crippen LogP contribution in [-0.4, -0.2) is 21.7 Å². The largest absolute Gasteiger partial charge is 0.507 e. The lowest BCUT2D eigenvalue weighted by Gasteiger charge is -2.28. The van der Waals surface area contributed by atoms with E-state index in [9.17, 15) is 14.7 Å². The predicted octanol–water partition coefficient (Wildman–Crippen LogP) is 9.89. The van der Waals surface area contributed by atoms with Gasteiger partial charge in [-0.1, -0.05) is 106 Å². The van der Waals surface area contributed by atoms with Gasteiger partial charge in [-0.2, -0.15) is 0 Å². The van der Waals surface area contributed by atoms with E-state index in [4.69, 9.17) is 56.1 Å². The highest BCUT2D eigenvalue weighted by molar-refractivity contribution is 6.55. The molecule has 0 aliphatic heterocycles. The Morgan fingerprint density at radius 1 is 0.786 bits per heavy atom. The fraction of sp³-hybridized carbons (Fsp3) is 0.303. The molecular weight excluding hydrogens is 616 g/mol. The van der Waals surface area contributed by atoms with Gasteiger partial charge in [0.15, 0.2) is 11.6 Å². The minimum absolute atomic E-state index is 0.0471. The SMILES string of the molecule is CC(C)(C)c1cc(COc2cccc3ccc(C4C(=O)c5c(Cl)c(Cl)c(Cl)c(Cl)c5C4=O)nc23)cc(C(C)(C)C)c1O. The molecule has 42 heavy (non-hydrogen) atoms. The van der Waals surface area contributed by atoms with Crippen molar-refractivity contribution >= 4 is 68.9 Å². The van der Waals surface area contributed by atoms with Crippen molar-refractivity contribution in [1.29, 1.82) is 0 Å². The van der Waals surface area contributed by atoms with E-state index < -0.39 is 17.5 Å². The lowest BCUT2D eigenvalue weighted by Crippen LogP contribution is -2.18. The van der Waals surface area contributed by atoms with Crippen molar-refractivity contribution in [3.8, 4) is 11.5 Å². The van der Waals surface area contributed by atoms with Crippen LogP contribution in [0.3, 0.4) is 0 Å². The number of carbonyl (C=O) groups excluding carboxylic acids is 2. The molecule has 1 N–H and O–H groups in total. The van der Waals surface area contributed by atoms with Gasteiger partial charge in [0.25, 0.3) is 0 Å². The first-order valence-corrected chi connectivity index (χ1v) is 14.9. The Morgan fingerprint density at radius 2 is 1.31 bits per heavy atom. The van der Waals surface area contributed by atoms with Crippen molar-refractivity contribution in [3.05, 3.63) is 96.1 Å². The predicted molar refractivity (Wildman–Crippen MR) is 169 cm³/mol. The van der Waals surface area contributed by atoms with E-state index in [0.29, 0.717) is 17.0 Å². The van der Waals surface area contributed by atoms with Crippen molar-refractivity contribution in [3.63, 3.8) is 0 Å². The minimum atomic E-state index is -1.25. The summed E-state index contributed by atoms with van der Waals surface area (Å²) in [5, 5.41) is 11.5. The van der Waals surface area contributed by atoms with Gasteiger partial charge in [-0.05, 0) is 51.8 Å². The van der Waals surface area contributed by atoms with Crippen LogP contribution in [0.25, 0.3) is 10.9 Å². The molecular formula is C33H29Cl4NO4. The van der Waals surface area contributed by atoms with Gasteiger partial charge >= 0.3 is 0 Å². The van der Waals surface area contributed by atoms with Crippen LogP contribution in [0.1, 0.15) is 90.6 Å². The van der Waals surface area contributed by atoms with Crippen molar-refractivity contribution in [1.82, 2.24) is 4.98 Å². The quantitative estimate of drug-likeness (QED) is 0.136. The van der Waals surface area contributed by atoms with Crippen molar-refractivity contribution in [2.75, 3.05) is 0 Å².